The number of carbonyl (C=O) groups is 2. The number of nitrogens with zero attached hydrogens (tertiary/aromatic N) is 2. The molecule has 1 heterocycles. The van der Waals surface area contributed by atoms with Crippen LogP contribution in [0.2, 0.25) is 0 Å². The Bertz CT molecular complexity index is 876. The monoisotopic (exact) mass is 381 g/mol. The molecule has 0 aromatic heterocycles. The number of hydrogen-bond acceptors (Lipinski definition) is 3. The van der Waals surface area contributed by atoms with Gasteiger partial charge in [-0.15, -0.1) is 0 Å². The van der Waals surface area contributed by atoms with E-state index in [1.165, 1.54) is 6.07 Å². The van der Waals surface area contributed by atoms with Gasteiger partial charge in [-0.2, -0.15) is 0 Å². The third-order valence-electron chi connectivity index (χ3n) is 5.61. The number of rotatable bonds is 4. The summed E-state index contributed by atoms with van der Waals surface area (Å²) in [4.78, 5) is 28.5. The third kappa shape index (κ3) is 3.86. The molecule has 5 nitrogen and oxygen atoms in total. The SMILES string of the molecule is C[C@H]1C[C@H]1C(=O)Nc1ccc(C(=O)N2CCN(c3ccccc3F)CC2)cc1. The summed E-state index contributed by atoms with van der Waals surface area (Å²) in [6, 6.07) is 13.8. The van der Waals surface area contributed by atoms with Crippen molar-refractivity contribution in [2.75, 3.05) is 36.4 Å². The number of benzene rings is 2. The molecule has 1 aliphatic carbocycles. The number of amides is 2. The molecule has 2 fully saturated rings. The molecule has 1 N–H and O–H groups in total. The lowest BCUT2D eigenvalue weighted by Crippen LogP contribution is -2.49. The molecule has 1 saturated carbocycles. The summed E-state index contributed by atoms with van der Waals surface area (Å²) in [6.07, 6.45) is 0.946. The average Bonchev–Trinajstić information content (AvgIpc) is 3.45. The Labute approximate surface area is 164 Å². The molecule has 28 heavy (non-hydrogen) atoms. The molecular formula is C22H24FN3O2. The molecule has 4 rings (SSSR count). The summed E-state index contributed by atoms with van der Waals surface area (Å²) in [6.45, 7) is 4.36. The van der Waals surface area contributed by atoms with Gasteiger partial charge in [0.25, 0.3) is 5.91 Å². The first-order valence-electron chi connectivity index (χ1n) is 9.72. The first-order chi connectivity index (χ1) is 13.5. The largest absolute Gasteiger partial charge is 0.366 e. The molecular weight excluding hydrogens is 357 g/mol. The van der Waals surface area contributed by atoms with E-state index in [0.29, 0.717) is 49.0 Å². The molecule has 2 aromatic rings. The van der Waals surface area contributed by atoms with Crippen LogP contribution in [0.3, 0.4) is 0 Å². The smallest absolute Gasteiger partial charge is 0.253 e. The lowest BCUT2D eigenvalue weighted by molar-refractivity contribution is -0.117. The van der Waals surface area contributed by atoms with Crippen LogP contribution >= 0.6 is 0 Å². The van der Waals surface area contributed by atoms with Gasteiger partial charge < -0.3 is 15.1 Å². The highest BCUT2D eigenvalue weighted by atomic mass is 19.1. The third-order valence-corrected chi connectivity index (χ3v) is 5.61. The molecule has 2 aromatic carbocycles. The van der Waals surface area contributed by atoms with Gasteiger partial charge in [-0.05, 0) is 48.7 Å². The van der Waals surface area contributed by atoms with Crippen LogP contribution in [0.4, 0.5) is 15.8 Å². The highest BCUT2D eigenvalue weighted by Crippen LogP contribution is 2.38. The van der Waals surface area contributed by atoms with Crippen molar-refractivity contribution in [2.45, 2.75) is 13.3 Å². The fourth-order valence-corrected chi connectivity index (χ4v) is 3.66. The van der Waals surface area contributed by atoms with E-state index in [9.17, 15) is 14.0 Å². The van der Waals surface area contributed by atoms with Crippen LogP contribution in [0, 0.1) is 17.7 Å². The topological polar surface area (TPSA) is 52.7 Å². The minimum Gasteiger partial charge on any atom is -0.366 e. The number of carbonyl (C=O) groups excluding carboxylic acids is 2. The Morgan fingerprint density at radius 2 is 1.64 bits per heavy atom. The standard InChI is InChI=1S/C22H24FN3O2/c1-15-14-18(15)21(27)24-17-8-6-16(7-9-17)22(28)26-12-10-25(11-13-26)20-5-3-2-4-19(20)23/h2-9,15,18H,10-14H2,1H3,(H,24,27)/t15-,18+/m0/s1. The van der Waals surface area contributed by atoms with E-state index < -0.39 is 0 Å². The summed E-state index contributed by atoms with van der Waals surface area (Å²) in [7, 11) is 0. The van der Waals surface area contributed by atoms with Crippen molar-refractivity contribution in [2.24, 2.45) is 11.8 Å². The van der Waals surface area contributed by atoms with E-state index >= 15 is 0 Å². The molecule has 6 heteroatoms. The zero-order chi connectivity index (χ0) is 19.7. The zero-order valence-corrected chi connectivity index (χ0v) is 15.9. The Morgan fingerprint density at radius 1 is 1.00 bits per heavy atom. The summed E-state index contributed by atoms with van der Waals surface area (Å²) in [5.41, 5.74) is 1.89. The van der Waals surface area contributed by atoms with Gasteiger partial charge in [0, 0.05) is 43.3 Å². The van der Waals surface area contributed by atoms with Gasteiger partial charge in [0.1, 0.15) is 5.82 Å². The van der Waals surface area contributed by atoms with Crippen molar-refractivity contribution in [1.82, 2.24) is 4.90 Å². The molecule has 146 valence electrons. The maximum atomic E-state index is 13.9. The van der Waals surface area contributed by atoms with Crippen molar-refractivity contribution < 1.29 is 14.0 Å². The highest BCUT2D eigenvalue weighted by Gasteiger charge is 2.39. The second kappa shape index (κ2) is 7.62. The second-order valence-electron chi connectivity index (χ2n) is 7.62. The molecule has 0 unspecified atom stereocenters. The van der Waals surface area contributed by atoms with Crippen LogP contribution in [0.25, 0.3) is 0 Å². The lowest BCUT2D eigenvalue weighted by atomic mass is 10.1. The minimum atomic E-state index is -0.236. The fourth-order valence-electron chi connectivity index (χ4n) is 3.66. The second-order valence-corrected chi connectivity index (χ2v) is 7.62. The first-order valence-corrected chi connectivity index (χ1v) is 9.72. The lowest BCUT2D eigenvalue weighted by Gasteiger charge is -2.36. The van der Waals surface area contributed by atoms with Crippen molar-refractivity contribution in [3.05, 3.63) is 59.9 Å². The van der Waals surface area contributed by atoms with Gasteiger partial charge in [0.05, 0.1) is 5.69 Å². The predicted molar refractivity (Wildman–Crippen MR) is 107 cm³/mol. The van der Waals surface area contributed by atoms with Crippen LogP contribution in [0.1, 0.15) is 23.7 Å². The number of anilines is 2. The Kier molecular flexibility index (Phi) is 5.03. The van der Waals surface area contributed by atoms with E-state index in [2.05, 4.69) is 12.2 Å². The molecule has 0 bridgehead atoms. The van der Waals surface area contributed by atoms with Crippen molar-refractivity contribution in [3.8, 4) is 0 Å². The molecule has 0 spiro atoms. The van der Waals surface area contributed by atoms with E-state index in [4.69, 9.17) is 0 Å². The zero-order valence-electron chi connectivity index (χ0n) is 15.9. The van der Waals surface area contributed by atoms with E-state index in [1.54, 1.807) is 41.3 Å². The minimum absolute atomic E-state index is 0.0399. The quantitative estimate of drug-likeness (QED) is 0.883. The fraction of sp³-hybridized carbons (Fsp3) is 0.364. The van der Waals surface area contributed by atoms with Crippen LogP contribution in [0.5, 0.6) is 0 Å². The van der Waals surface area contributed by atoms with Gasteiger partial charge in [0.2, 0.25) is 5.91 Å². The number of para-hydroxylation sites is 1. The Balaban J connectivity index is 1.33. The molecule has 1 saturated heterocycles. The van der Waals surface area contributed by atoms with E-state index in [0.717, 1.165) is 6.42 Å². The summed E-state index contributed by atoms with van der Waals surface area (Å²) in [5, 5.41) is 2.90. The number of piperazine rings is 1. The van der Waals surface area contributed by atoms with Crippen LogP contribution in [-0.4, -0.2) is 42.9 Å². The van der Waals surface area contributed by atoms with Gasteiger partial charge in [0.15, 0.2) is 0 Å². The van der Waals surface area contributed by atoms with E-state index in [1.807, 2.05) is 11.0 Å². The number of hydrogen-bond donors (Lipinski definition) is 1. The molecule has 2 amide bonds. The van der Waals surface area contributed by atoms with Gasteiger partial charge in [-0.1, -0.05) is 19.1 Å². The predicted octanol–water partition coefficient (Wildman–Crippen LogP) is 3.38. The van der Waals surface area contributed by atoms with Crippen LogP contribution in [-0.2, 0) is 4.79 Å². The molecule has 2 aliphatic rings. The summed E-state index contributed by atoms with van der Waals surface area (Å²) in [5.74, 6) is 0.356. The first kappa shape index (κ1) is 18.5. The average molecular weight is 381 g/mol. The number of nitrogens with one attached hydrogen (secondary N) is 1. The number of halogens is 1. The van der Waals surface area contributed by atoms with Crippen LogP contribution in [0.15, 0.2) is 48.5 Å². The summed E-state index contributed by atoms with van der Waals surface area (Å²) >= 11 is 0. The highest BCUT2D eigenvalue weighted by molar-refractivity contribution is 5.97. The molecule has 1 aliphatic heterocycles. The van der Waals surface area contributed by atoms with Crippen molar-refractivity contribution >= 4 is 23.2 Å². The maximum absolute atomic E-state index is 13.9. The Morgan fingerprint density at radius 3 is 2.25 bits per heavy atom. The Hall–Kier alpha value is -2.89. The van der Waals surface area contributed by atoms with Crippen molar-refractivity contribution in [1.29, 1.82) is 0 Å². The van der Waals surface area contributed by atoms with E-state index in [-0.39, 0.29) is 23.5 Å². The van der Waals surface area contributed by atoms with Gasteiger partial charge >= 0.3 is 0 Å². The van der Waals surface area contributed by atoms with Gasteiger partial charge in [-0.25, -0.2) is 4.39 Å². The van der Waals surface area contributed by atoms with Crippen molar-refractivity contribution in [3.63, 3.8) is 0 Å². The molecule has 0 radical (unpaired) electrons. The molecule has 2 atom stereocenters. The normalized spacial score (nSPS) is 21.4. The van der Waals surface area contributed by atoms with Gasteiger partial charge in [-0.3, -0.25) is 9.59 Å². The summed E-state index contributed by atoms with van der Waals surface area (Å²) < 4.78 is 13.9. The maximum Gasteiger partial charge on any atom is 0.253 e. The van der Waals surface area contributed by atoms with Crippen LogP contribution < -0.4 is 10.2 Å².